The molecule has 2 aromatic carbocycles. The van der Waals surface area contributed by atoms with Crippen molar-refractivity contribution in [3.05, 3.63) is 82.0 Å². The van der Waals surface area contributed by atoms with Crippen molar-refractivity contribution in [1.82, 2.24) is 9.55 Å². The Morgan fingerprint density at radius 1 is 1.20 bits per heavy atom. The number of para-hydroxylation sites is 1. The molecule has 0 radical (unpaired) electrons. The molecule has 0 N–H and O–H groups in total. The van der Waals surface area contributed by atoms with Crippen LogP contribution in [0.4, 0.5) is 10.1 Å². The molecule has 1 atom stereocenters. The quantitative estimate of drug-likeness (QED) is 0.499. The number of rotatable bonds is 3. The molecule has 1 aliphatic heterocycles. The van der Waals surface area contributed by atoms with Gasteiger partial charge in [0.2, 0.25) is 5.91 Å². The van der Waals surface area contributed by atoms with E-state index in [-0.39, 0.29) is 29.9 Å². The number of hydrogen-bond donors (Lipinski definition) is 0. The lowest BCUT2D eigenvalue weighted by atomic mass is 10.1. The fraction of sp³-hybridized carbons (Fsp3) is 0.174. The van der Waals surface area contributed by atoms with Gasteiger partial charge in [-0.05, 0) is 42.7 Å². The molecular weight excluding hydrogens is 401 g/mol. The summed E-state index contributed by atoms with van der Waals surface area (Å²) in [5.74, 6) is -0.478. The lowest BCUT2D eigenvalue weighted by molar-refractivity contribution is -0.119. The van der Waals surface area contributed by atoms with Crippen LogP contribution in [0, 0.1) is 5.82 Å². The van der Waals surface area contributed by atoms with Crippen LogP contribution in [0.3, 0.4) is 0 Å². The van der Waals surface area contributed by atoms with Crippen molar-refractivity contribution in [3.8, 4) is 11.1 Å². The Balaban J connectivity index is 1.52. The monoisotopic (exact) mass is 419 g/mol. The molecule has 5 nitrogen and oxygen atoms in total. The lowest BCUT2D eigenvalue weighted by Crippen LogP contribution is -2.40. The maximum atomic E-state index is 13.3. The summed E-state index contributed by atoms with van der Waals surface area (Å²) in [6.07, 6.45) is 2.23. The molecule has 1 amide bonds. The van der Waals surface area contributed by atoms with Gasteiger partial charge >= 0.3 is 0 Å². The number of benzene rings is 2. The van der Waals surface area contributed by atoms with E-state index >= 15 is 0 Å². The van der Waals surface area contributed by atoms with Crippen molar-refractivity contribution in [2.24, 2.45) is 0 Å². The average molecular weight is 419 g/mol. The summed E-state index contributed by atoms with van der Waals surface area (Å²) in [4.78, 5) is 33.1. The van der Waals surface area contributed by atoms with Crippen molar-refractivity contribution in [1.29, 1.82) is 0 Å². The van der Waals surface area contributed by atoms with Crippen LogP contribution in [-0.2, 0) is 17.8 Å². The summed E-state index contributed by atoms with van der Waals surface area (Å²) in [5, 5.41) is 2.30. The molecule has 7 heteroatoms. The van der Waals surface area contributed by atoms with E-state index in [1.165, 1.54) is 34.4 Å². The summed E-state index contributed by atoms with van der Waals surface area (Å²) < 4.78 is 14.7. The van der Waals surface area contributed by atoms with Crippen molar-refractivity contribution < 1.29 is 9.18 Å². The van der Waals surface area contributed by atoms with Gasteiger partial charge in [0.05, 0.1) is 11.7 Å². The maximum Gasteiger partial charge on any atom is 0.263 e. The van der Waals surface area contributed by atoms with Gasteiger partial charge in [0.15, 0.2) is 0 Å². The number of halogens is 1. The number of carbonyl (C=O) groups is 1. The standard InChI is InChI=1S/C23H18FN3O2S/c1-14-10-16-4-2-3-5-19(16)27(14)20(28)11-26-13-25-22-21(23(26)29)18(12-30-22)15-6-8-17(24)9-7-15/h2-9,12-14H,10-11H2,1H3/t14-/m1/s1. The van der Waals surface area contributed by atoms with E-state index in [1.807, 2.05) is 36.6 Å². The highest BCUT2D eigenvalue weighted by Gasteiger charge is 2.30. The molecule has 2 aromatic heterocycles. The van der Waals surface area contributed by atoms with Gasteiger partial charge in [-0.1, -0.05) is 30.3 Å². The van der Waals surface area contributed by atoms with E-state index in [0.717, 1.165) is 23.2 Å². The van der Waals surface area contributed by atoms with Crippen LogP contribution in [0.15, 0.2) is 65.0 Å². The van der Waals surface area contributed by atoms with Gasteiger partial charge in [0, 0.05) is 22.7 Å². The first-order valence-electron chi connectivity index (χ1n) is 9.65. The summed E-state index contributed by atoms with van der Waals surface area (Å²) in [5.41, 5.74) is 3.21. The minimum absolute atomic E-state index is 0.0400. The molecule has 0 saturated carbocycles. The van der Waals surface area contributed by atoms with E-state index in [1.54, 1.807) is 17.0 Å². The normalized spacial score (nSPS) is 15.5. The molecule has 0 aliphatic carbocycles. The van der Waals surface area contributed by atoms with E-state index in [2.05, 4.69) is 4.98 Å². The number of carbonyl (C=O) groups excluding carboxylic acids is 1. The summed E-state index contributed by atoms with van der Waals surface area (Å²) in [7, 11) is 0. The van der Waals surface area contributed by atoms with Crippen molar-refractivity contribution in [2.45, 2.75) is 25.9 Å². The zero-order chi connectivity index (χ0) is 20.8. The minimum Gasteiger partial charge on any atom is -0.307 e. The minimum atomic E-state index is -0.334. The molecule has 0 fully saturated rings. The predicted molar refractivity (Wildman–Crippen MR) is 116 cm³/mol. The fourth-order valence-electron chi connectivity index (χ4n) is 4.09. The van der Waals surface area contributed by atoms with Crippen LogP contribution in [-0.4, -0.2) is 21.5 Å². The Morgan fingerprint density at radius 2 is 1.97 bits per heavy atom. The van der Waals surface area contributed by atoms with Gasteiger partial charge < -0.3 is 4.90 Å². The van der Waals surface area contributed by atoms with E-state index in [4.69, 9.17) is 0 Å². The Hall–Kier alpha value is -3.32. The number of amides is 1. The maximum absolute atomic E-state index is 13.3. The number of hydrogen-bond acceptors (Lipinski definition) is 4. The summed E-state index contributed by atoms with van der Waals surface area (Å²) in [6.45, 7) is 1.92. The largest absolute Gasteiger partial charge is 0.307 e. The molecule has 0 saturated heterocycles. The average Bonchev–Trinajstić information content (AvgIpc) is 3.31. The van der Waals surface area contributed by atoms with Crippen molar-refractivity contribution in [3.63, 3.8) is 0 Å². The fourth-order valence-corrected chi connectivity index (χ4v) is 5.00. The molecule has 3 heterocycles. The van der Waals surface area contributed by atoms with Crippen molar-refractivity contribution in [2.75, 3.05) is 4.90 Å². The highest BCUT2D eigenvalue weighted by Crippen LogP contribution is 2.33. The van der Waals surface area contributed by atoms with Crippen LogP contribution in [0.25, 0.3) is 21.3 Å². The highest BCUT2D eigenvalue weighted by atomic mass is 32.1. The Bertz CT molecular complexity index is 1330. The van der Waals surface area contributed by atoms with Gasteiger partial charge in [-0.2, -0.15) is 0 Å². The molecule has 0 unspecified atom stereocenters. The third kappa shape index (κ3) is 3.02. The SMILES string of the molecule is C[C@@H]1Cc2ccccc2N1C(=O)Cn1cnc2scc(-c3ccc(F)cc3)c2c1=O. The van der Waals surface area contributed by atoms with Crippen LogP contribution in [0.5, 0.6) is 0 Å². The smallest absolute Gasteiger partial charge is 0.263 e. The number of nitrogens with zero attached hydrogens (tertiary/aromatic N) is 3. The summed E-state index contributed by atoms with van der Waals surface area (Å²) >= 11 is 1.36. The molecule has 4 aromatic rings. The molecular formula is C23H18FN3O2S. The first kappa shape index (κ1) is 18.7. The van der Waals surface area contributed by atoms with Crippen LogP contribution >= 0.6 is 11.3 Å². The second kappa shape index (κ2) is 7.18. The third-order valence-electron chi connectivity index (χ3n) is 5.50. The first-order chi connectivity index (χ1) is 14.5. The lowest BCUT2D eigenvalue weighted by Gasteiger charge is -2.23. The topological polar surface area (TPSA) is 55.2 Å². The van der Waals surface area contributed by atoms with Gasteiger partial charge in [-0.25, -0.2) is 9.37 Å². The summed E-state index contributed by atoms with van der Waals surface area (Å²) in [6, 6.07) is 13.9. The second-order valence-electron chi connectivity index (χ2n) is 7.46. The molecule has 5 rings (SSSR count). The first-order valence-corrected chi connectivity index (χ1v) is 10.5. The van der Waals surface area contributed by atoms with Gasteiger partial charge in [0.25, 0.3) is 5.56 Å². The Labute approximate surface area is 176 Å². The van der Waals surface area contributed by atoms with Crippen LogP contribution < -0.4 is 10.5 Å². The van der Waals surface area contributed by atoms with E-state index in [9.17, 15) is 14.0 Å². The molecule has 0 bridgehead atoms. The molecule has 0 spiro atoms. The number of aromatic nitrogens is 2. The Morgan fingerprint density at radius 3 is 2.77 bits per heavy atom. The van der Waals surface area contributed by atoms with Crippen molar-refractivity contribution >= 4 is 33.1 Å². The number of fused-ring (bicyclic) bond motifs is 2. The third-order valence-corrected chi connectivity index (χ3v) is 6.38. The number of thiophene rings is 1. The van der Waals surface area contributed by atoms with Gasteiger partial charge in [-0.3, -0.25) is 14.2 Å². The number of anilines is 1. The molecule has 30 heavy (non-hydrogen) atoms. The molecule has 1 aliphatic rings. The van der Waals surface area contributed by atoms with Gasteiger partial charge in [-0.15, -0.1) is 11.3 Å². The molecule has 150 valence electrons. The Kier molecular flexibility index (Phi) is 4.47. The highest BCUT2D eigenvalue weighted by molar-refractivity contribution is 7.17. The second-order valence-corrected chi connectivity index (χ2v) is 8.32. The van der Waals surface area contributed by atoms with Crippen LogP contribution in [0.1, 0.15) is 12.5 Å². The van der Waals surface area contributed by atoms with E-state index < -0.39 is 0 Å². The van der Waals surface area contributed by atoms with E-state index in [0.29, 0.717) is 15.8 Å². The zero-order valence-corrected chi connectivity index (χ0v) is 17.0. The van der Waals surface area contributed by atoms with Gasteiger partial charge in [0.1, 0.15) is 17.2 Å². The van der Waals surface area contributed by atoms with Crippen LogP contribution in [0.2, 0.25) is 0 Å². The predicted octanol–water partition coefficient (Wildman–Crippen LogP) is 4.24. The zero-order valence-electron chi connectivity index (χ0n) is 16.2.